The Hall–Kier alpha value is -1.17. The summed E-state index contributed by atoms with van der Waals surface area (Å²) in [7, 11) is 0. The summed E-state index contributed by atoms with van der Waals surface area (Å²) in [4.78, 5) is 20.6. The van der Waals surface area contributed by atoms with E-state index in [4.69, 9.17) is 5.26 Å². The number of carbonyl (C=O) groups excluding carboxylic acids is 2. The Labute approximate surface area is 53.3 Å². The lowest BCUT2D eigenvalue weighted by molar-refractivity contribution is -0.125. The van der Waals surface area contributed by atoms with Crippen molar-refractivity contribution in [2.24, 2.45) is 0 Å². The van der Waals surface area contributed by atoms with Gasteiger partial charge in [-0.1, -0.05) is 0 Å². The second-order valence-electron chi connectivity index (χ2n) is 1.75. The van der Waals surface area contributed by atoms with E-state index < -0.39 is 0 Å². The topological polar surface area (TPSA) is 57.9 Å². The summed E-state index contributed by atoms with van der Waals surface area (Å²) in [6, 6.07) is 1.67. The number of carbonyl (C=O) groups is 2. The Balaban J connectivity index is 3.54. The number of Topliss-reactive ketones (excluding diaryl/α,β-unsaturated/α-hetero) is 2. The maximum atomic E-state index is 10.4. The SMILES string of the molecule is CC(=O)CC(=O)CC#N. The van der Waals surface area contributed by atoms with Crippen LogP contribution in [-0.2, 0) is 9.59 Å². The van der Waals surface area contributed by atoms with Gasteiger partial charge in [0.25, 0.3) is 0 Å². The molecule has 0 saturated carbocycles. The third kappa shape index (κ3) is 4.69. The van der Waals surface area contributed by atoms with Gasteiger partial charge in [0.1, 0.15) is 5.78 Å². The summed E-state index contributed by atoms with van der Waals surface area (Å²) in [6.45, 7) is 1.33. The highest BCUT2D eigenvalue weighted by Gasteiger charge is 2.02. The first-order valence-corrected chi connectivity index (χ1v) is 2.55. The summed E-state index contributed by atoms with van der Waals surface area (Å²) in [5, 5.41) is 7.97. The van der Waals surface area contributed by atoms with Crippen LogP contribution in [0.3, 0.4) is 0 Å². The molecule has 48 valence electrons. The minimum absolute atomic E-state index is 0.104. The molecule has 0 spiro atoms. The van der Waals surface area contributed by atoms with Crippen LogP contribution in [0.2, 0.25) is 0 Å². The second kappa shape index (κ2) is 3.79. The quantitative estimate of drug-likeness (QED) is 0.514. The number of rotatable bonds is 3. The molecule has 0 aromatic rings. The van der Waals surface area contributed by atoms with Crippen LogP contribution in [-0.4, -0.2) is 11.6 Å². The Morgan fingerprint density at radius 2 is 2.11 bits per heavy atom. The van der Waals surface area contributed by atoms with E-state index in [-0.39, 0.29) is 24.4 Å². The molecule has 0 bridgehead atoms. The average molecular weight is 125 g/mol. The number of hydrogen-bond donors (Lipinski definition) is 0. The molecule has 0 unspecified atom stereocenters. The molecule has 0 fully saturated rings. The lowest BCUT2D eigenvalue weighted by Gasteiger charge is -1.86. The minimum atomic E-state index is -0.301. The summed E-state index contributed by atoms with van der Waals surface area (Å²) in [5.74, 6) is -0.486. The smallest absolute Gasteiger partial charge is 0.154 e. The van der Waals surface area contributed by atoms with Crippen molar-refractivity contribution in [2.45, 2.75) is 19.8 Å². The fourth-order valence-electron chi connectivity index (χ4n) is 0.428. The van der Waals surface area contributed by atoms with E-state index in [9.17, 15) is 9.59 Å². The normalized spacial score (nSPS) is 8.00. The standard InChI is InChI=1S/C6H7NO2/c1-5(8)4-6(9)2-3-7/h2,4H2,1H3. The molecular weight excluding hydrogens is 118 g/mol. The highest BCUT2D eigenvalue weighted by Crippen LogP contribution is 1.88. The fraction of sp³-hybridized carbons (Fsp3) is 0.500. The number of ketones is 2. The largest absolute Gasteiger partial charge is 0.300 e. The lowest BCUT2D eigenvalue weighted by atomic mass is 10.2. The molecule has 0 aromatic heterocycles. The van der Waals surface area contributed by atoms with Crippen LogP contribution in [0.1, 0.15) is 19.8 Å². The van der Waals surface area contributed by atoms with Gasteiger partial charge >= 0.3 is 0 Å². The molecule has 3 heteroatoms. The summed E-state index contributed by atoms with van der Waals surface area (Å²) in [5.41, 5.74) is 0. The average Bonchev–Trinajstić information content (AvgIpc) is 1.63. The first kappa shape index (κ1) is 7.83. The van der Waals surface area contributed by atoms with Crippen LogP contribution in [0, 0.1) is 11.3 Å². The zero-order valence-electron chi connectivity index (χ0n) is 5.18. The van der Waals surface area contributed by atoms with Gasteiger partial charge in [0.05, 0.1) is 18.9 Å². The van der Waals surface area contributed by atoms with Crippen molar-refractivity contribution >= 4 is 11.6 Å². The van der Waals surface area contributed by atoms with Gasteiger partial charge in [-0.25, -0.2) is 0 Å². The zero-order chi connectivity index (χ0) is 7.28. The lowest BCUT2D eigenvalue weighted by Crippen LogP contribution is -2.02. The third-order valence-electron chi connectivity index (χ3n) is 0.722. The van der Waals surface area contributed by atoms with Crippen LogP contribution in [0.4, 0.5) is 0 Å². The van der Waals surface area contributed by atoms with Crippen molar-refractivity contribution < 1.29 is 9.59 Å². The van der Waals surface area contributed by atoms with Gasteiger partial charge in [-0.3, -0.25) is 9.59 Å². The maximum Gasteiger partial charge on any atom is 0.154 e. The monoisotopic (exact) mass is 125 g/mol. The second-order valence-corrected chi connectivity index (χ2v) is 1.75. The molecule has 3 nitrogen and oxygen atoms in total. The number of hydrogen-bond acceptors (Lipinski definition) is 3. The molecule has 0 N–H and O–H groups in total. The maximum absolute atomic E-state index is 10.4. The van der Waals surface area contributed by atoms with Crippen LogP contribution >= 0.6 is 0 Å². The van der Waals surface area contributed by atoms with E-state index in [1.165, 1.54) is 6.92 Å². The Bertz CT molecular complexity index is 166. The summed E-state index contributed by atoms with van der Waals surface area (Å²) in [6.07, 6.45) is -0.257. The van der Waals surface area contributed by atoms with Gasteiger partial charge < -0.3 is 0 Å². The molecule has 0 saturated heterocycles. The third-order valence-corrected chi connectivity index (χ3v) is 0.722. The van der Waals surface area contributed by atoms with Gasteiger partial charge in [-0.05, 0) is 6.92 Å². The molecule has 0 aliphatic rings. The molecule has 0 aliphatic carbocycles. The van der Waals surface area contributed by atoms with Gasteiger partial charge in [0.15, 0.2) is 5.78 Å². The predicted molar refractivity (Wildman–Crippen MR) is 30.5 cm³/mol. The van der Waals surface area contributed by atoms with Crippen molar-refractivity contribution in [1.29, 1.82) is 5.26 Å². The van der Waals surface area contributed by atoms with E-state index >= 15 is 0 Å². The Morgan fingerprint density at radius 1 is 1.56 bits per heavy atom. The molecule has 0 rings (SSSR count). The summed E-state index contributed by atoms with van der Waals surface area (Å²) >= 11 is 0. The van der Waals surface area contributed by atoms with E-state index in [1.807, 2.05) is 0 Å². The first-order chi connectivity index (χ1) is 4.16. The highest BCUT2D eigenvalue weighted by atomic mass is 16.1. The molecule has 0 aromatic carbocycles. The van der Waals surface area contributed by atoms with Crippen molar-refractivity contribution in [3.8, 4) is 6.07 Å². The van der Waals surface area contributed by atoms with Crippen LogP contribution < -0.4 is 0 Å². The van der Waals surface area contributed by atoms with E-state index in [0.717, 1.165) is 0 Å². The molecule has 9 heavy (non-hydrogen) atoms. The molecular formula is C6H7NO2. The van der Waals surface area contributed by atoms with Crippen molar-refractivity contribution in [3.05, 3.63) is 0 Å². The highest BCUT2D eigenvalue weighted by molar-refractivity contribution is 5.98. The fourth-order valence-corrected chi connectivity index (χ4v) is 0.428. The van der Waals surface area contributed by atoms with Crippen molar-refractivity contribution in [3.63, 3.8) is 0 Å². The minimum Gasteiger partial charge on any atom is -0.300 e. The van der Waals surface area contributed by atoms with Crippen LogP contribution in [0.5, 0.6) is 0 Å². The zero-order valence-corrected chi connectivity index (χ0v) is 5.18. The van der Waals surface area contributed by atoms with Gasteiger partial charge in [0.2, 0.25) is 0 Å². The summed E-state index contributed by atoms with van der Waals surface area (Å²) < 4.78 is 0. The number of nitrogens with zero attached hydrogens (tertiary/aromatic N) is 1. The van der Waals surface area contributed by atoms with E-state index in [1.54, 1.807) is 6.07 Å². The molecule has 0 radical (unpaired) electrons. The number of nitriles is 1. The Kier molecular flexibility index (Phi) is 3.29. The molecule has 0 amide bonds. The van der Waals surface area contributed by atoms with Crippen LogP contribution in [0.15, 0.2) is 0 Å². The van der Waals surface area contributed by atoms with Gasteiger partial charge in [0, 0.05) is 0 Å². The first-order valence-electron chi connectivity index (χ1n) is 2.55. The van der Waals surface area contributed by atoms with E-state index in [0.29, 0.717) is 0 Å². The Morgan fingerprint density at radius 3 is 2.44 bits per heavy atom. The predicted octanol–water partition coefficient (Wildman–Crippen LogP) is 0.448. The van der Waals surface area contributed by atoms with Crippen LogP contribution in [0.25, 0.3) is 0 Å². The van der Waals surface area contributed by atoms with Crippen molar-refractivity contribution in [1.82, 2.24) is 0 Å². The van der Waals surface area contributed by atoms with Crippen molar-refractivity contribution in [2.75, 3.05) is 0 Å². The van der Waals surface area contributed by atoms with Gasteiger partial charge in [-0.2, -0.15) is 5.26 Å². The van der Waals surface area contributed by atoms with E-state index in [2.05, 4.69) is 0 Å². The molecule has 0 atom stereocenters. The van der Waals surface area contributed by atoms with Gasteiger partial charge in [-0.15, -0.1) is 0 Å². The molecule has 0 aliphatic heterocycles. The molecule has 0 heterocycles.